The summed E-state index contributed by atoms with van der Waals surface area (Å²) >= 11 is 0. The zero-order valence-corrected chi connectivity index (χ0v) is 11.2. The summed E-state index contributed by atoms with van der Waals surface area (Å²) in [6.07, 6.45) is -0.919. The van der Waals surface area contributed by atoms with Gasteiger partial charge in [-0.2, -0.15) is 0 Å². The van der Waals surface area contributed by atoms with Gasteiger partial charge in [0.25, 0.3) is 5.69 Å². The van der Waals surface area contributed by atoms with Crippen molar-refractivity contribution in [3.8, 4) is 0 Å². The van der Waals surface area contributed by atoms with Crippen LogP contribution in [0.5, 0.6) is 0 Å². The van der Waals surface area contributed by atoms with Crippen LogP contribution in [0.25, 0.3) is 0 Å². The van der Waals surface area contributed by atoms with Crippen LogP contribution in [0.1, 0.15) is 27.6 Å². The molecule has 1 atom stereocenters. The van der Waals surface area contributed by atoms with Gasteiger partial charge in [0.15, 0.2) is 0 Å². The number of methoxy groups -OCH3 is 1. The van der Waals surface area contributed by atoms with Crippen LogP contribution in [0.3, 0.4) is 0 Å². The van der Waals surface area contributed by atoms with Gasteiger partial charge in [-0.25, -0.2) is 4.79 Å². The number of nitro groups is 1. The largest absolute Gasteiger partial charge is 0.465 e. The Morgan fingerprint density at radius 2 is 1.57 bits per heavy atom. The van der Waals surface area contributed by atoms with Gasteiger partial charge in [0.05, 0.1) is 17.6 Å². The summed E-state index contributed by atoms with van der Waals surface area (Å²) in [6, 6.07) is 12.0. The second-order valence-corrected chi connectivity index (χ2v) is 4.36. The molecule has 0 saturated carbocycles. The molecule has 0 bridgehead atoms. The lowest BCUT2D eigenvalue weighted by Gasteiger charge is -2.11. The second kappa shape index (κ2) is 6.15. The Morgan fingerprint density at radius 3 is 2.00 bits per heavy atom. The first-order chi connectivity index (χ1) is 10.0. The predicted molar refractivity (Wildman–Crippen MR) is 74.9 cm³/mol. The molecule has 1 unspecified atom stereocenters. The summed E-state index contributed by atoms with van der Waals surface area (Å²) in [7, 11) is 1.29. The summed E-state index contributed by atoms with van der Waals surface area (Å²) in [4.78, 5) is 21.4. The lowest BCUT2D eigenvalue weighted by Crippen LogP contribution is -2.03. The average molecular weight is 287 g/mol. The molecule has 21 heavy (non-hydrogen) atoms. The van der Waals surface area contributed by atoms with Crippen molar-refractivity contribution in [2.75, 3.05) is 7.11 Å². The topological polar surface area (TPSA) is 89.7 Å². The first-order valence-electron chi connectivity index (χ1n) is 6.13. The number of benzene rings is 2. The van der Waals surface area contributed by atoms with Crippen molar-refractivity contribution in [2.24, 2.45) is 0 Å². The Hall–Kier alpha value is -2.73. The number of nitrogens with zero attached hydrogens (tertiary/aromatic N) is 1. The molecule has 2 aromatic rings. The van der Waals surface area contributed by atoms with Crippen molar-refractivity contribution in [3.63, 3.8) is 0 Å². The zero-order valence-electron chi connectivity index (χ0n) is 11.2. The number of aliphatic hydroxyl groups is 1. The van der Waals surface area contributed by atoms with Crippen LogP contribution >= 0.6 is 0 Å². The second-order valence-electron chi connectivity index (χ2n) is 4.36. The van der Waals surface area contributed by atoms with Gasteiger partial charge < -0.3 is 9.84 Å². The van der Waals surface area contributed by atoms with Gasteiger partial charge in [-0.05, 0) is 35.4 Å². The number of carbonyl (C=O) groups excluding carboxylic acids is 1. The SMILES string of the molecule is COC(=O)c1ccc(C(O)c2ccc([N+](=O)[O-])cc2)cc1. The van der Waals surface area contributed by atoms with Crippen LogP contribution < -0.4 is 0 Å². The third kappa shape index (κ3) is 3.24. The molecule has 0 heterocycles. The molecule has 1 N–H and O–H groups in total. The summed E-state index contributed by atoms with van der Waals surface area (Å²) in [5.41, 5.74) is 1.46. The van der Waals surface area contributed by atoms with Crippen molar-refractivity contribution in [1.82, 2.24) is 0 Å². The highest BCUT2D eigenvalue weighted by atomic mass is 16.6. The zero-order chi connectivity index (χ0) is 15.4. The van der Waals surface area contributed by atoms with Crippen molar-refractivity contribution >= 4 is 11.7 Å². The molecule has 0 amide bonds. The number of non-ortho nitro benzene ring substituents is 1. The Balaban J connectivity index is 2.21. The van der Waals surface area contributed by atoms with Crippen molar-refractivity contribution in [3.05, 3.63) is 75.3 Å². The third-order valence-corrected chi connectivity index (χ3v) is 3.07. The van der Waals surface area contributed by atoms with Gasteiger partial charge in [0, 0.05) is 12.1 Å². The number of esters is 1. The molecule has 108 valence electrons. The first kappa shape index (κ1) is 14.7. The van der Waals surface area contributed by atoms with Crippen molar-refractivity contribution in [1.29, 1.82) is 0 Å². The van der Waals surface area contributed by atoms with E-state index >= 15 is 0 Å². The molecule has 2 rings (SSSR count). The normalized spacial score (nSPS) is 11.7. The quantitative estimate of drug-likeness (QED) is 0.530. The fourth-order valence-corrected chi connectivity index (χ4v) is 1.89. The van der Waals surface area contributed by atoms with Crippen LogP contribution in [0.4, 0.5) is 5.69 Å². The number of rotatable bonds is 4. The monoisotopic (exact) mass is 287 g/mol. The van der Waals surface area contributed by atoms with Crippen LogP contribution in [0, 0.1) is 10.1 Å². The third-order valence-electron chi connectivity index (χ3n) is 3.07. The molecule has 0 aliphatic carbocycles. The van der Waals surface area contributed by atoms with E-state index in [-0.39, 0.29) is 5.69 Å². The predicted octanol–water partition coefficient (Wildman–Crippen LogP) is 2.46. The molecule has 0 aromatic heterocycles. The molecule has 0 saturated heterocycles. The summed E-state index contributed by atoms with van der Waals surface area (Å²) in [5, 5.41) is 20.8. The van der Waals surface area contributed by atoms with E-state index in [2.05, 4.69) is 4.74 Å². The van der Waals surface area contributed by atoms with Gasteiger partial charge in [-0.1, -0.05) is 12.1 Å². The minimum Gasteiger partial charge on any atom is -0.465 e. The van der Waals surface area contributed by atoms with Gasteiger partial charge >= 0.3 is 5.97 Å². The van der Waals surface area contributed by atoms with Gasteiger partial charge in [-0.15, -0.1) is 0 Å². The Morgan fingerprint density at radius 1 is 1.10 bits per heavy atom. The Kier molecular flexibility index (Phi) is 4.30. The molecule has 0 radical (unpaired) electrons. The van der Waals surface area contributed by atoms with Gasteiger partial charge in [0.1, 0.15) is 6.10 Å². The number of carbonyl (C=O) groups is 1. The fraction of sp³-hybridized carbons (Fsp3) is 0.133. The molecular formula is C15H13NO5. The molecule has 6 heteroatoms. The number of hydrogen-bond donors (Lipinski definition) is 1. The lowest BCUT2D eigenvalue weighted by molar-refractivity contribution is -0.384. The lowest BCUT2D eigenvalue weighted by atomic mass is 10.0. The fourth-order valence-electron chi connectivity index (χ4n) is 1.89. The molecule has 2 aromatic carbocycles. The standard InChI is InChI=1S/C15H13NO5/c1-21-15(18)12-4-2-10(3-5-12)14(17)11-6-8-13(9-7-11)16(19)20/h2-9,14,17H,1H3. The minimum absolute atomic E-state index is 0.0352. The average Bonchev–Trinajstić information content (AvgIpc) is 2.53. The van der Waals surface area contributed by atoms with Gasteiger partial charge in [0.2, 0.25) is 0 Å². The Bertz CT molecular complexity index is 649. The molecule has 0 spiro atoms. The molecule has 6 nitrogen and oxygen atoms in total. The maximum absolute atomic E-state index is 11.3. The van der Waals surface area contributed by atoms with E-state index in [1.165, 1.54) is 31.4 Å². The molecule has 0 fully saturated rings. The molecule has 0 aliphatic heterocycles. The highest BCUT2D eigenvalue weighted by molar-refractivity contribution is 5.89. The van der Waals surface area contributed by atoms with Crippen LogP contribution in [-0.4, -0.2) is 23.1 Å². The molecule has 0 aliphatic rings. The first-order valence-corrected chi connectivity index (χ1v) is 6.13. The van der Waals surface area contributed by atoms with Crippen LogP contribution in [0.2, 0.25) is 0 Å². The van der Waals surface area contributed by atoms with Crippen LogP contribution in [-0.2, 0) is 4.74 Å². The van der Waals surface area contributed by atoms with E-state index in [1.807, 2.05) is 0 Å². The van der Waals surface area contributed by atoms with Crippen molar-refractivity contribution in [2.45, 2.75) is 6.10 Å². The number of hydrogen-bond acceptors (Lipinski definition) is 5. The van der Waals surface area contributed by atoms with Gasteiger partial charge in [-0.3, -0.25) is 10.1 Å². The number of ether oxygens (including phenoxy) is 1. The van der Waals surface area contributed by atoms with E-state index < -0.39 is 17.0 Å². The summed E-state index contributed by atoms with van der Waals surface area (Å²) in [6.45, 7) is 0. The van der Waals surface area contributed by atoms with E-state index in [4.69, 9.17) is 0 Å². The smallest absolute Gasteiger partial charge is 0.337 e. The number of nitro benzene ring substituents is 1. The maximum Gasteiger partial charge on any atom is 0.337 e. The maximum atomic E-state index is 11.3. The summed E-state index contributed by atoms with van der Waals surface area (Å²) in [5.74, 6) is -0.452. The van der Waals surface area contributed by atoms with E-state index in [0.29, 0.717) is 16.7 Å². The highest BCUT2D eigenvalue weighted by Crippen LogP contribution is 2.24. The molecular weight excluding hydrogens is 274 g/mol. The number of aliphatic hydroxyl groups excluding tert-OH is 1. The summed E-state index contributed by atoms with van der Waals surface area (Å²) < 4.78 is 4.59. The van der Waals surface area contributed by atoms with E-state index in [1.54, 1.807) is 24.3 Å². The highest BCUT2D eigenvalue weighted by Gasteiger charge is 2.13. The minimum atomic E-state index is -0.919. The Labute approximate surface area is 120 Å². The van der Waals surface area contributed by atoms with Crippen LogP contribution in [0.15, 0.2) is 48.5 Å². The van der Waals surface area contributed by atoms with E-state index in [0.717, 1.165) is 0 Å². The van der Waals surface area contributed by atoms with Crippen molar-refractivity contribution < 1.29 is 19.6 Å². The van der Waals surface area contributed by atoms with E-state index in [9.17, 15) is 20.0 Å².